The number of hydrogen-bond acceptors (Lipinski definition) is 1. The molecule has 1 unspecified atom stereocenters. The van der Waals surface area contributed by atoms with Crippen LogP contribution in [0.1, 0.15) is 26.2 Å². The molecule has 0 radical (unpaired) electrons. The maximum Gasteiger partial charge on any atom is 0.180 e. The molecule has 1 aliphatic rings. The highest BCUT2D eigenvalue weighted by atomic mass is 28.3. The Balaban J connectivity index is 2.65. The quantitative estimate of drug-likeness (QED) is 0.525. The molecule has 0 aromatic carbocycles. The minimum Gasteiger partial charge on any atom is -0.290 e. The summed E-state index contributed by atoms with van der Waals surface area (Å²) in [4.78, 5) is 11.9. The van der Waals surface area contributed by atoms with Gasteiger partial charge in [-0.05, 0) is 36.8 Å². The first kappa shape index (κ1) is 12.4. The van der Waals surface area contributed by atoms with Gasteiger partial charge in [-0.3, -0.25) is 4.79 Å². The average Bonchev–Trinajstić information content (AvgIpc) is 2.13. The molecule has 2 heteroatoms. The van der Waals surface area contributed by atoms with Crippen molar-refractivity contribution >= 4 is 13.9 Å². The SMILES string of the molecule is CC1C=C(C(=O)/C=C/[Si](C)(C)C)CCC1. The molecule has 1 atom stereocenters. The van der Waals surface area contributed by atoms with Gasteiger partial charge in [0.2, 0.25) is 0 Å². The second kappa shape index (κ2) is 4.93. The average molecular weight is 222 g/mol. The van der Waals surface area contributed by atoms with Crippen LogP contribution in [0.3, 0.4) is 0 Å². The summed E-state index contributed by atoms with van der Waals surface area (Å²) in [6.45, 7) is 8.92. The summed E-state index contributed by atoms with van der Waals surface area (Å²) in [5, 5.41) is 0. The maximum atomic E-state index is 11.9. The molecule has 0 N–H and O–H groups in total. The molecule has 84 valence electrons. The van der Waals surface area contributed by atoms with Gasteiger partial charge in [-0.15, -0.1) is 0 Å². The summed E-state index contributed by atoms with van der Waals surface area (Å²) in [7, 11) is -1.23. The smallest absolute Gasteiger partial charge is 0.180 e. The van der Waals surface area contributed by atoms with Crippen molar-refractivity contribution in [3.8, 4) is 0 Å². The zero-order chi connectivity index (χ0) is 11.5. The van der Waals surface area contributed by atoms with Crippen LogP contribution in [0, 0.1) is 5.92 Å². The molecule has 1 aliphatic carbocycles. The lowest BCUT2D eigenvalue weighted by molar-refractivity contribution is -0.111. The van der Waals surface area contributed by atoms with Gasteiger partial charge in [0.15, 0.2) is 5.78 Å². The third-order valence-electron chi connectivity index (χ3n) is 2.64. The Hall–Kier alpha value is -0.633. The lowest BCUT2D eigenvalue weighted by atomic mass is 9.90. The standard InChI is InChI=1S/C13H22OSi/c1-11-6-5-7-12(10-11)13(14)8-9-15(2,3)4/h8-11H,5-7H2,1-4H3/b9-8+. The zero-order valence-corrected chi connectivity index (χ0v) is 11.3. The highest BCUT2D eigenvalue weighted by molar-refractivity contribution is 6.81. The van der Waals surface area contributed by atoms with Gasteiger partial charge >= 0.3 is 0 Å². The monoisotopic (exact) mass is 222 g/mol. The number of ketones is 1. The Bertz CT molecular complexity index is 294. The van der Waals surface area contributed by atoms with Crippen LogP contribution < -0.4 is 0 Å². The summed E-state index contributed by atoms with van der Waals surface area (Å²) < 4.78 is 0. The van der Waals surface area contributed by atoms with E-state index >= 15 is 0 Å². The van der Waals surface area contributed by atoms with Gasteiger partial charge < -0.3 is 0 Å². The molecule has 0 amide bonds. The van der Waals surface area contributed by atoms with Gasteiger partial charge in [-0.25, -0.2) is 0 Å². The molecule has 0 aromatic heterocycles. The summed E-state index contributed by atoms with van der Waals surface area (Å²) in [6, 6.07) is 0. The minimum absolute atomic E-state index is 0.240. The number of allylic oxidation sites excluding steroid dienone is 3. The Labute approximate surface area is 94.3 Å². The van der Waals surface area contributed by atoms with E-state index < -0.39 is 8.07 Å². The molecule has 0 aliphatic heterocycles. The van der Waals surface area contributed by atoms with E-state index in [1.165, 1.54) is 12.8 Å². The van der Waals surface area contributed by atoms with Crippen LogP contribution in [-0.4, -0.2) is 13.9 Å². The second-order valence-electron chi connectivity index (χ2n) is 5.63. The van der Waals surface area contributed by atoms with Gasteiger partial charge in [0, 0.05) is 0 Å². The largest absolute Gasteiger partial charge is 0.290 e. The predicted molar refractivity (Wildman–Crippen MR) is 68.6 cm³/mol. The second-order valence-corrected chi connectivity index (χ2v) is 10.7. The third kappa shape index (κ3) is 4.60. The lowest BCUT2D eigenvalue weighted by Crippen LogP contribution is -2.17. The fourth-order valence-electron chi connectivity index (χ4n) is 1.76. The third-order valence-corrected chi connectivity index (χ3v) is 3.81. The molecule has 0 saturated carbocycles. The van der Waals surface area contributed by atoms with Crippen molar-refractivity contribution in [3.63, 3.8) is 0 Å². The van der Waals surface area contributed by atoms with Crippen LogP contribution in [0.4, 0.5) is 0 Å². The van der Waals surface area contributed by atoms with E-state index in [1.54, 1.807) is 6.08 Å². The lowest BCUT2D eigenvalue weighted by Gasteiger charge is -2.16. The Kier molecular flexibility index (Phi) is 4.09. The molecule has 0 bridgehead atoms. The fourth-order valence-corrected chi connectivity index (χ4v) is 2.41. The number of hydrogen-bond donors (Lipinski definition) is 0. The molecule has 0 saturated heterocycles. The summed E-state index contributed by atoms with van der Waals surface area (Å²) in [5.41, 5.74) is 3.17. The molecular weight excluding hydrogens is 200 g/mol. The van der Waals surface area contributed by atoms with Crippen LogP contribution in [0.2, 0.25) is 19.6 Å². The highest BCUT2D eigenvalue weighted by Crippen LogP contribution is 2.23. The van der Waals surface area contributed by atoms with Gasteiger partial charge in [0.05, 0.1) is 8.07 Å². The molecule has 1 nitrogen and oxygen atoms in total. The Morgan fingerprint density at radius 2 is 2.13 bits per heavy atom. The number of carbonyl (C=O) groups excluding carboxylic acids is 1. The van der Waals surface area contributed by atoms with Crippen molar-refractivity contribution in [2.45, 2.75) is 45.8 Å². The molecular formula is C13H22OSi. The van der Waals surface area contributed by atoms with Crippen LogP contribution >= 0.6 is 0 Å². The maximum absolute atomic E-state index is 11.9. The Morgan fingerprint density at radius 1 is 1.47 bits per heavy atom. The number of carbonyl (C=O) groups is 1. The fraction of sp³-hybridized carbons (Fsp3) is 0.615. The van der Waals surface area contributed by atoms with E-state index in [1.807, 2.05) is 0 Å². The van der Waals surface area contributed by atoms with Crippen LogP contribution in [0.5, 0.6) is 0 Å². The van der Waals surface area contributed by atoms with Gasteiger partial charge in [-0.2, -0.15) is 0 Å². The first-order valence-electron chi connectivity index (χ1n) is 5.83. The van der Waals surface area contributed by atoms with Gasteiger partial charge in [0.1, 0.15) is 0 Å². The topological polar surface area (TPSA) is 17.1 Å². The molecule has 0 heterocycles. The van der Waals surface area contributed by atoms with Crippen molar-refractivity contribution in [2.24, 2.45) is 5.92 Å². The first-order chi connectivity index (χ1) is 6.88. The summed E-state index contributed by atoms with van der Waals surface area (Å²) >= 11 is 0. The zero-order valence-electron chi connectivity index (χ0n) is 10.3. The molecule has 0 fully saturated rings. The van der Waals surface area contributed by atoms with E-state index in [2.05, 4.69) is 38.3 Å². The summed E-state index contributed by atoms with van der Waals surface area (Å²) in [6.07, 6.45) is 7.32. The van der Waals surface area contributed by atoms with E-state index in [9.17, 15) is 4.79 Å². The van der Waals surface area contributed by atoms with Crippen LogP contribution in [-0.2, 0) is 4.79 Å². The van der Waals surface area contributed by atoms with E-state index in [0.717, 1.165) is 12.0 Å². The van der Waals surface area contributed by atoms with E-state index in [-0.39, 0.29) is 5.78 Å². The normalized spacial score (nSPS) is 22.9. The highest BCUT2D eigenvalue weighted by Gasteiger charge is 2.15. The molecule has 15 heavy (non-hydrogen) atoms. The van der Waals surface area contributed by atoms with Crippen molar-refractivity contribution in [1.29, 1.82) is 0 Å². The van der Waals surface area contributed by atoms with Crippen molar-refractivity contribution in [2.75, 3.05) is 0 Å². The van der Waals surface area contributed by atoms with Crippen LogP contribution in [0.15, 0.2) is 23.4 Å². The van der Waals surface area contributed by atoms with Crippen molar-refractivity contribution < 1.29 is 4.79 Å². The minimum atomic E-state index is -1.23. The van der Waals surface area contributed by atoms with Crippen LogP contribution in [0.25, 0.3) is 0 Å². The molecule has 1 rings (SSSR count). The Morgan fingerprint density at radius 3 is 2.67 bits per heavy atom. The molecule has 0 aromatic rings. The van der Waals surface area contributed by atoms with Gasteiger partial charge in [0.25, 0.3) is 0 Å². The van der Waals surface area contributed by atoms with Crippen molar-refractivity contribution in [1.82, 2.24) is 0 Å². The van der Waals surface area contributed by atoms with E-state index in [4.69, 9.17) is 0 Å². The number of rotatable bonds is 3. The molecule has 0 spiro atoms. The van der Waals surface area contributed by atoms with Crippen molar-refractivity contribution in [3.05, 3.63) is 23.4 Å². The predicted octanol–water partition coefficient (Wildman–Crippen LogP) is 3.74. The summed E-state index contributed by atoms with van der Waals surface area (Å²) in [5.74, 6) is 0.821. The van der Waals surface area contributed by atoms with E-state index in [0.29, 0.717) is 5.92 Å². The first-order valence-corrected chi connectivity index (χ1v) is 9.40. The van der Waals surface area contributed by atoms with Gasteiger partial charge in [-0.1, -0.05) is 38.3 Å².